The fraction of sp³-hybridized carbons (Fsp3) is 0.280. The summed E-state index contributed by atoms with van der Waals surface area (Å²) in [4.78, 5) is 23.1. The van der Waals surface area contributed by atoms with Crippen LogP contribution in [0, 0.1) is 0 Å². The van der Waals surface area contributed by atoms with Gasteiger partial charge in [0.1, 0.15) is 17.6 Å². The van der Waals surface area contributed by atoms with E-state index in [0.717, 1.165) is 35.1 Å². The number of hydrogen-bond acceptors (Lipinski definition) is 4. The van der Waals surface area contributed by atoms with E-state index in [9.17, 15) is 9.59 Å². The second kappa shape index (κ2) is 7.61. The highest BCUT2D eigenvalue weighted by Crippen LogP contribution is 2.42. The van der Waals surface area contributed by atoms with Gasteiger partial charge in [-0.25, -0.2) is 0 Å². The minimum absolute atomic E-state index is 0.0276. The number of rotatable bonds is 5. The van der Waals surface area contributed by atoms with Crippen LogP contribution in [0.2, 0.25) is 0 Å². The van der Waals surface area contributed by atoms with Gasteiger partial charge >= 0.3 is 5.97 Å². The van der Waals surface area contributed by atoms with E-state index in [1.54, 1.807) is 23.9 Å². The van der Waals surface area contributed by atoms with Crippen molar-refractivity contribution in [1.29, 1.82) is 0 Å². The van der Waals surface area contributed by atoms with Gasteiger partial charge in [-0.15, -0.1) is 0 Å². The van der Waals surface area contributed by atoms with Crippen LogP contribution in [0.3, 0.4) is 0 Å². The Morgan fingerprint density at radius 1 is 1.19 bits per heavy atom. The molecule has 1 aliphatic carbocycles. The SMILES string of the molecule is Cn1ccc(-c2cccc3c2CCC3Oc2ccc3c(c2)OCC3CC(=O)O)cc1=O. The number of carboxylic acid groups (broad SMARTS) is 1. The van der Waals surface area contributed by atoms with E-state index in [2.05, 4.69) is 12.1 Å². The monoisotopic (exact) mass is 417 g/mol. The number of carbonyl (C=O) groups is 1. The molecule has 0 spiro atoms. The van der Waals surface area contributed by atoms with Crippen LogP contribution in [-0.4, -0.2) is 22.2 Å². The summed E-state index contributed by atoms with van der Waals surface area (Å²) < 4.78 is 13.6. The first-order chi connectivity index (χ1) is 15.0. The topological polar surface area (TPSA) is 77.8 Å². The maximum atomic E-state index is 12.1. The Balaban J connectivity index is 1.40. The van der Waals surface area contributed by atoms with E-state index >= 15 is 0 Å². The number of fused-ring (bicyclic) bond motifs is 2. The lowest BCUT2D eigenvalue weighted by molar-refractivity contribution is -0.137. The molecule has 0 saturated heterocycles. The highest BCUT2D eigenvalue weighted by Gasteiger charge is 2.29. The molecular formula is C25H23NO5. The van der Waals surface area contributed by atoms with E-state index in [1.165, 1.54) is 5.56 Å². The van der Waals surface area contributed by atoms with Crippen molar-refractivity contribution < 1.29 is 19.4 Å². The maximum absolute atomic E-state index is 12.1. The normalized spacial score (nSPS) is 18.9. The molecule has 0 amide bonds. The van der Waals surface area contributed by atoms with Crippen LogP contribution >= 0.6 is 0 Å². The molecule has 2 atom stereocenters. The third kappa shape index (κ3) is 3.58. The van der Waals surface area contributed by atoms with Gasteiger partial charge in [0.05, 0.1) is 13.0 Å². The molecule has 5 rings (SSSR count). The Labute approximate surface area is 179 Å². The molecule has 2 heterocycles. The Morgan fingerprint density at radius 2 is 2.06 bits per heavy atom. The quantitative estimate of drug-likeness (QED) is 0.677. The molecule has 0 radical (unpaired) electrons. The van der Waals surface area contributed by atoms with Gasteiger partial charge < -0.3 is 19.1 Å². The molecule has 6 nitrogen and oxygen atoms in total. The minimum atomic E-state index is -0.823. The highest BCUT2D eigenvalue weighted by molar-refractivity contribution is 5.70. The average molecular weight is 417 g/mol. The van der Waals surface area contributed by atoms with Crippen LogP contribution in [0.5, 0.6) is 11.5 Å². The van der Waals surface area contributed by atoms with Crippen LogP contribution in [-0.2, 0) is 18.3 Å². The van der Waals surface area contributed by atoms with Gasteiger partial charge in [0.15, 0.2) is 0 Å². The van der Waals surface area contributed by atoms with Crippen molar-refractivity contribution in [2.24, 2.45) is 7.05 Å². The first-order valence-electron chi connectivity index (χ1n) is 10.4. The number of ether oxygens (including phenoxy) is 2. The van der Waals surface area contributed by atoms with Gasteiger partial charge in [-0.05, 0) is 47.2 Å². The van der Waals surface area contributed by atoms with Gasteiger partial charge in [-0.1, -0.05) is 24.3 Å². The first-order valence-corrected chi connectivity index (χ1v) is 10.4. The van der Waals surface area contributed by atoms with E-state index in [4.69, 9.17) is 14.6 Å². The highest BCUT2D eigenvalue weighted by atomic mass is 16.5. The summed E-state index contributed by atoms with van der Waals surface area (Å²) in [5, 5.41) is 9.07. The molecule has 158 valence electrons. The predicted molar refractivity (Wildman–Crippen MR) is 116 cm³/mol. The van der Waals surface area contributed by atoms with E-state index in [1.807, 2.05) is 30.3 Å². The average Bonchev–Trinajstić information content (AvgIpc) is 3.34. The van der Waals surface area contributed by atoms with Crippen LogP contribution in [0.1, 0.15) is 41.6 Å². The number of carboxylic acids is 1. The molecule has 2 aliphatic rings. The van der Waals surface area contributed by atoms with Gasteiger partial charge in [0.25, 0.3) is 5.56 Å². The fourth-order valence-corrected chi connectivity index (χ4v) is 4.60. The molecule has 2 aromatic carbocycles. The summed E-state index contributed by atoms with van der Waals surface area (Å²) in [5.74, 6) is 0.480. The van der Waals surface area contributed by atoms with Crippen LogP contribution < -0.4 is 15.0 Å². The fourth-order valence-electron chi connectivity index (χ4n) is 4.60. The van der Waals surface area contributed by atoms with E-state index in [-0.39, 0.29) is 24.0 Å². The minimum Gasteiger partial charge on any atom is -0.492 e. The zero-order valence-corrected chi connectivity index (χ0v) is 17.2. The van der Waals surface area contributed by atoms with Crippen molar-refractivity contribution in [1.82, 2.24) is 4.57 Å². The van der Waals surface area contributed by atoms with Gasteiger partial charge in [-0.3, -0.25) is 9.59 Å². The number of hydrogen-bond donors (Lipinski definition) is 1. The number of benzene rings is 2. The Kier molecular flexibility index (Phi) is 4.77. The van der Waals surface area contributed by atoms with E-state index in [0.29, 0.717) is 18.1 Å². The molecule has 0 bridgehead atoms. The van der Waals surface area contributed by atoms with E-state index < -0.39 is 5.97 Å². The molecule has 31 heavy (non-hydrogen) atoms. The second-order valence-electron chi connectivity index (χ2n) is 8.19. The largest absolute Gasteiger partial charge is 0.492 e. The number of aromatic nitrogens is 1. The maximum Gasteiger partial charge on any atom is 0.304 e. The Hall–Kier alpha value is -3.54. The zero-order valence-electron chi connectivity index (χ0n) is 17.2. The standard InChI is InChI=1S/C25H23NO5/c1-26-10-9-15(11-24(26)27)18-3-2-4-21-20(18)7-8-22(21)31-17-5-6-19-16(12-25(28)29)14-30-23(19)13-17/h2-6,9-11,13,16,22H,7-8,12,14H2,1H3,(H,28,29). The van der Waals surface area contributed by atoms with Crippen LogP contribution in [0.15, 0.2) is 59.5 Å². The lowest BCUT2D eigenvalue weighted by Gasteiger charge is -2.16. The van der Waals surface area contributed by atoms with Gasteiger partial charge in [-0.2, -0.15) is 0 Å². The van der Waals surface area contributed by atoms with Crippen LogP contribution in [0.25, 0.3) is 11.1 Å². The summed E-state index contributed by atoms with van der Waals surface area (Å²) in [6.45, 7) is 0.386. The number of aryl methyl sites for hydroxylation is 1. The lowest BCUT2D eigenvalue weighted by Crippen LogP contribution is -2.14. The van der Waals surface area contributed by atoms with Gasteiger partial charge in [0, 0.05) is 36.9 Å². The summed E-state index contributed by atoms with van der Waals surface area (Å²) in [7, 11) is 1.75. The number of aliphatic carboxylic acids is 1. The third-order valence-electron chi connectivity index (χ3n) is 6.20. The smallest absolute Gasteiger partial charge is 0.304 e. The number of pyridine rings is 1. The summed E-state index contributed by atoms with van der Waals surface area (Å²) >= 11 is 0. The molecule has 3 aromatic rings. The third-order valence-corrected chi connectivity index (χ3v) is 6.20. The summed E-state index contributed by atoms with van der Waals surface area (Å²) in [6.07, 6.45) is 3.52. The predicted octanol–water partition coefficient (Wildman–Crippen LogP) is 4.07. The van der Waals surface area contributed by atoms with Crippen molar-refractivity contribution in [3.63, 3.8) is 0 Å². The molecule has 1 N–H and O–H groups in total. The molecule has 1 aliphatic heterocycles. The Morgan fingerprint density at radius 3 is 2.87 bits per heavy atom. The second-order valence-corrected chi connectivity index (χ2v) is 8.19. The van der Waals surface area contributed by atoms with Crippen molar-refractivity contribution >= 4 is 5.97 Å². The first kappa shape index (κ1) is 19.4. The molecule has 2 unspecified atom stereocenters. The lowest BCUT2D eigenvalue weighted by atomic mass is 9.97. The molecule has 0 saturated carbocycles. The Bertz CT molecular complexity index is 1230. The zero-order chi connectivity index (χ0) is 21.5. The molecular weight excluding hydrogens is 394 g/mol. The number of nitrogens with zero attached hydrogens (tertiary/aromatic N) is 1. The van der Waals surface area contributed by atoms with Crippen molar-refractivity contribution in [2.45, 2.75) is 31.3 Å². The molecule has 6 heteroatoms. The summed E-state index contributed by atoms with van der Waals surface area (Å²) in [6, 6.07) is 15.5. The van der Waals surface area contributed by atoms with Crippen LogP contribution in [0.4, 0.5) is 0 Å². The van der Waals surface area contributed by atoms with Crippen molar-refractivity contribution in [3.8, 4) is 22.6 Å². The molecule has 0 fully saturated rings. The van der Waals surface area contributed by atoms with Crippen molar-refractivity contribution in [2.75, 3.05) is 6.61 Å². The summed E-state index contributed by atoms with van der Waals surface area (Å²) in [5.41, 5.74) is 5.27. The van der Waals surface area contributed by atoms with Gasteiger partial charge in [0.2, 0.25) is 0 Å². The molecule has 1 aromatic heterocycles. The van der Waals surface area contributed by atoms with Crippen molar-refractivity contribution in [3.05, 3.63) is 81.8 Å².